The van der Waals surface area contributed by atoms with Gasteiger partial charge in [-0.15, -0.1) is 0 Å². The van der Waals surface area contributed by atoms with Crippen molar-refractivity contribution in [3.8, 4) is 0 Å². The van der Waals surface area contributed by atoms with Gasteiger partial charge in [0.25, 0.3) is 0 Å². The van der Waals surface area contributed by atoms with Crippen molar-refractivity contribution in [1.82, 2.24) is 0 Å². The van der Waals surface area contributed by atoms with Gasteiger partial charge in [-0.1, -0.05) is 0 Å². The monoisotopic (exact) mass is 199 g/mol. The number of carbonyl (C=O) groups is 1. The number of methoxy groups -OCH3 is 3. The zero-order valence-electron chi connectivity index (χ0n) is 8.23. The summed E-state index contributed by atoms with van der Waals surface area (Å²) in [5.41, 5.74) is -0.0810. The van der Waals surface area contributed by atoms with E-state index in [1.165, 1.54) is 21.3 Å². The van der Waals surface area contributed by atoms with Gasteiger partial charge in [0.2, 0.25) is 0 Å². The first-order chi connectivity index (χ1) is 5.71. The molecule has 1 N–H and O–H groups in total. The molecule has 0 amide bonds. The van der Waals surface area contributed by atoms with Crippen molar-refractivity contribution < 1.29 is 24.1 Å². The Kier molecular flexibility index (Phi) is 10.1. The van der Waals surface area contributed by atoms with Gasteiger partial charge in [0, 0.05) is 43.8 Å². The fraction of sp³-hybridized carbons (Fsp3) is 0.571. The van der Waals surface area contributed by atoms with Crippen LogP contribution in [0.2, 0.25) is 0 Å². The molecule has 0 aromatic carbocycles. The van der Waals surface area contributed by atoms with E-state index in [1.807, 2.05) is 0 Å². The second-order valence-corrected chi connectivity index (χ2v) is 1.88. The molecular formula is C7H12NaO5. The van der Waals surface area contributed by atoms with E-state index in [2.05, 4.69) is 4.74 Å². The van der Waals surface area contributed by atoms with Crippen LogP contribution in [0.25, 0.3) is 0 Å². The van der Waals surface area contributed by atoms with Crippen LogP contribution >= 0.6 is 0 Å². The standard InChI is InChI=1S/C7H12O5.Na/c1-10-6(9)5(4-8)7(11-2)12-3;/h4,7-8H,1-3H3;. The second kappa shape index (κ2) is 8.52. The summed E-state index contributed by atoms with van der Waals surface area (Å²) in [7, 11) is 3.90. The molecule has 0 fully saturated rings. The van der Waals surface area contributed by atoms with Crippen LogP contribution in [0.1, 0.15) is 0 Å². The van der Waals surface area contributed by atoms with Gasteiger partial charge in [0.05, 0.1) is 13.4 Å². The second-order valence-electron chi connectivity index (χ2n) is 1.88. The topological polar surface area (TPSA) is 65.0 Å². The Labute approximate surface area is 98.9 Å². The van der Waals surface area contributed by atoms with Gasteiger partial charge in [0.1, 0.15) is 5.57 Å². The number of rotatable bonds is 4. The minimum Gasteiger partial charge on any atom is -0.515 e. The van der Waals surface area contributed by atoms with Crippen LogP contribution < -0.4 is 0 Å². The molecular weight excluding hydrogens is 187 g/mol. The maximum atomic E-state index is 10.9. The van der Waals surface area contributed by atoms with E-state index in [0.717, 1.165) is 0 Å². The number of hydrogen-bond donors (Lipinski definition) is 1. The molecule has 0 saturated heterocycles. The van der Waals surface area contributed by atoms with Crippen molar-refractivity contribution >= 4 is 35.5 Å². The predicted octanol–water partition coefficient (Wildman–Crippen LogP) is -0.161. The number of carbonyl (C=O) groups excluding carboxylic acids is 1. The molecule has 0 rings (SSSR count). The van der Waals surface area contributed by atoms with Crippen LogP contribution in [0.5, 0.6) is 0 Å². The van der Waals surface area contributed by atoms with Gasteiger partial charge < -0.3 is 19.3 Å². The first-order valence-electron chi connectivity index (χ1n) is 3.19. The van der Waals surface area contributed by atoms with E-state index in [9.17, 15) is 4.79 Å². The zero-order chi connectivity index (χ0) is 9.56. The minimum absolute atomic E-state index is 0. The minimum atomic E-state index is -0.901. The quantitative estimate of drug-likeness (QED) is 0.224. The van der Waals surface area contributed by atoms with E-state index in [1.54, 1.807) is 0 Å². The fourth-order valence-electron chi connectivity index (χ4n) is 0.678. The van der Waals surface area contributed by atoms with Crippen LogP contribution in [0.15, 0.2) is 11.8 Å². The van der Waals surface area contributed by atoms with Crippen LogP contribution in [0, 0.1) is 0 Å². The molecule has 0 unspecified atom stereocenters. The maximum Gasteiger partial charge on any atom is 0.342 e. The molecule has 1 radical (unpaired) electrons. The molecule has 13 heavy (non-hydrogen) atoms. The summed E-state index contributed by atoms with van der Waals surface area (Å²) in [5.74, 6) is -0.689. The number of esters is 1. The number of aliphatic hydroxyl groups excluding tert-OH is 1. The van der Waals surface area contributed by atoms with Crippen LogP contribution in [-0.2, 0) is 19.0 Å². The summed E-state index contributed by atoms with van der Waals surface area (Å²) >= 11 is 0. The summed E-state index contributed by atoms with van der Waals surface area (Å²) in [4.78, 5) is 10.9. The van der Waals surface area contributed by atoms with Crippen LogP contribution in [0.3, 0.4) is 0 Å². The smallest absolute Gasteiger partial charge is 0.342 e. The maximum absolute atomic E-state index is 10.9. The van der Waals surface area contributed by atoms with E-state index in [0.29, 0.717) is 6.26 Å². The fourth-order valence-corrected chi connectivity index (χ4v) is 0.678. The van der Waals surface area contributed by atoms with Gasteiger partial charge in [-0.05, 0) is 0 Å². The van der Waals surface area contributed by atoms with Gasteiger partial charge in [-0.25, -0.2) is 4.79 Å². The normalized spacial score (nSPS) is 10.9. The third-order valence-corrected chi connectivity index (χ3v) is 1.24. The molecule has 0 saturated carbocycles. The Morgan fingerprint density at radius 1 is 1.31 bits per heavy atom. The number of ether oxygens (including phenoxy) is 3. The van der Waals surface area contributed by atoms with Crippen molar-refractivity contribution in [3.05, 3.63) is 11.8 Å². The summed E-state index contributed by atoms with van der Waals surface area (Å²) in [6, 6.07) is 0. The van der Waals surface area contributed by atoms with E-state index >= 15 is 0 Å². The molecule has 0 aromatic heterocycles. The van der Waals surface area contributed by atoms with Crippen molar-refractivity contribution in [2.75, 3.05) is 21.3 Å². The molecule has 6 heteroatoms. The Morgan fingerprint density at radius 3 is 2.00 bits per heavy atom. The van der Waals surface area contributed by atoms with Crippen molar-refractivity contribution in [3.63, 3.8) is 0 Å². The Morgan fingerprint density at radius 2 is 1.77 bits per heavy atom. The molecule has 5 nitrogen and oxygen atoms in total. The van der Waals surface area contributed by atoms with Gasteiger partial charge in [0.15, 0.2) is 6.29 Å². The summed E-state index contributed by atoms with van der Waals surface area (Å²) in [6.07, 6.45) is -0.300. The van der Waals surface area contributed by atoms with Crippen molar-refractivity contribution in [2.24, 2.45) is 0 Å². The predicted molar refractivity (Wildman–Crippen MR) is 46.3 cm³/mol. The van der Waals surface area contributed by atoms with Crippen LogP contribution in [-0.4, -0.2) is 68.3 Å². The summed E-state index contributed by atoms with van der Waals surface area (Å²) < 4.78 is 13.8. The van der Waals surface area contributed by atoms with Crippen molar-refractivity contribution in [1.29, 1.82) is 0 Å². The first kappa shape index (κ1) is 15.4. The van der Waals surface area contributed by atoms with Crippen LogP contribution in [0.4, 0.5) is 0 Å². The zero-order valence-corrected chi connectivity index (χ0v) is 10.2. The molecule has 71 valence electrons. The van der Waals surface area contributed by atoms with E-state index in [4.69, 9.17) is 14.6 Å². The summed E-state index contributed by atoms with van der Waals surface area (Å²) in [5, 5.41) is 8.64. The van der Waals surface area contributed by atoms with Gasteiger partial charge in [-0.3, -0.25) is 0 Å². The van der Waals surface area contributed by atoms with Gasteiger partial charge >= 0.3 is 5.97 Å². The third kappa shape index (κ3) is 4.64. The molecule has 0 aliphatic rings. The van der Waals surface area contributed by atoms with Crippen molar-refractivity contribution in [2.45, 2.75) is 6.29 Å². The molecule has 0 bridgehead atoms. The average Bonchev–Trinajstić information content (AvgIpc) is 2.12. The Balaban J connectivity index is 0. The van der Waals surface area contributed by atoms with Gasteiger partial charge in [-0.2, -0.15) is 0 Å². The molecule has 0 aromatic rings. The summed E-state index contributed by atoms with van der Waals surface area (Å²) in [6.45, 7) is 0. The largest absolute Gasteiger partial charge is 0.515 e. The molecule has 0 aliphatic carbocycles. The average molecular weight is 199 g/mol. The SMILES string of the molecule is COC(=O)C(=CO)C(OC)OC.[Na]. The van der Waals surface area contributed by atoms with E-state index in [-0.39, 0.29) is 35.1 Å². The third-order valence-electron chi connectivity index (χ3n) is 1.24. The molecule has 0 heterocycles. The Hall–Kier alpha value is -0.0700. The number of aliphatic hydroxyl groups is 1. The van der Waals surface area contributed by atoms with E-state index < -0.39 is 12.3 Å². The molecule has 0 spiro atoms. The Bertz CT molecular complexity index is 176. The number of hydrogen-bond acceptors (Lipinski definition) is 5. The molecule has 0 aliphatic heterocycles. The first-order valence-corrected chi connectivity index (χ1v) is 3.19. The molecule has 0 atom stereocenters.